The second-order valence-corrected chi connectivity index (χ2v) is 5.33. The van der Waals surface area contributed by atoms with Crippen molar-refractivity contribution in [3.63, 3.8) is 0 Å². The number of furan rings is 1. The molecule has 4 nitrogen and oxygen atoms in total. The van der Waals surface area contributed by atoms with E-state index >= 15 is 0 Å². The molecule has 0 aromatic carbocycles. The van der Waals surface area contributed by atoms with E-state index in [1.165, 1.54) is 31.3 Å². The number of amides is 1. The lowest BCUT2D eigenvalue weighted by Crippen LogP contribution is -2.42. The standard InChI is InChI=1S/C16H24N2O2/c1-13(16(19)18-12-15-8-5-11-20-15)17-10-9-14-6-3-2-4-7-14/h5-6,8,11,13,17H,2-4,7,9-10,12H2,1H3,(H,18,19). The van der Waals surface area contributed by atoms with Crippen molar-refractivity contribution in [2.75, 3.05) is 6.54 Å². The molecule has 20 heavy (non-hydrogen) atoms. The molecular formula is C16H24N2O2. The average Bonchev–Trinajstić information content (AvgIpc) is 2.99. The highest BCUT2D eigenvalue weighted by atomic mass is 16.3. The predicted octanol–water partition coefficient (Wildman–Crippen LogP) is 2.76. The molecule has 1 aromatic rings. The molecule has 0 radical (unpaired) electrons. The second-order valence-electron chi connectivity index (χ2n) is 5.33. The predicted molar refractivity (Wildman–Crippen MR) is 79.2 cm³/mol. The monoisotopic (exact) mass is 276 g/mol. The fourth-order valence-corrected chi connectivity index (χ4v) is 2.41. The molecule has 0 fully saturated rings. The van der Waals surface area contributed by atoms with Gasteiger partial charge in [0.15, 0.2) is 0 Å². The fourth-order valence-electron chi connectivity index (χ4n) is 2.41. The summed E-state index contributed by atoms with van der Waals surface area (Å²) in [6, 6.07) is 3.50. The average molecular weight is 276 g/mol. The third-order valence-corrected chi connectivity index (χ3v) is 3.69. The lowest BCUT2D eigenvalue weighted by molar-refractivity contribution is -0.123. The van der Waals surface area contributed by atoms with E-state index in [-0.39, 0.29) is 11.9 Å². The minimum absolute atomic E-state index is 0.0130. The Hall–Kier alpha value is -1.55. The zero-order chi connectivity index (χ0) is 14.2. The molecule has 1 unspecified atom stereocenters. The van der Waals surface area contributed by atoms with Crippen LogP contribution >= 0.6 is 0 Å². The zero-order valence-electron chi connectivity index (χ0n) is 12.2. The van der Waals surface area contributed by atoms with Crippen molar-refractivity contribution in [2.24, 2.45) is 0 Å². The number of carbonyl (C=O) groups excluding carboxylic acids is 1. The Kier molecular flexibility index (Phi) is 5.87. The molecule has 2 rings (SSSR count). The van der Waals surface area contributed by atoms with Crippen LogP contribution in [-0.4, -0.2) is 18.5 Å². The Balaban J connectivity index is 1.62. The maximum atomic E-state index is 11.9. The number of carbonyl (C=O) groups is 1. The molecular weight excluding hydrogens is 252 g/mol. The number of allylic oxidation sites excluding steroid dienone is 1. The van der Waals surface area contributed by atoms with Crippen molar-refractivity contribution in [2.45, 2.75) is 51.6 Å². The van der Waals surface area contributed by atoms with Gasteiger partial charge in [0.1, 0.15) is 5.76 Å². The van der Waals surface area contributed by atoms with Crippen LogP contribution in [-0.2, 0) is 11.3 Å². The maximum Gasteiger partial charge on any atom is 0.237 e. The van der Waals surface area contributed by atoms with Crippen LogP contribution < -0.4 is 10.6 Å². The van der Waals surface area contributed by atoms with Crippen molar-refractivity contribution in [1.82, 2.24) is 10.6 Å². The molecule has 0 saturated carbocycles. The van der Waals surface area contributed by atoms with Crippen molar-refractivity contribution in [3.05, 3.63) is 35.8 Å². The molecule has 0 saturated heterocycles. The number of nitrogens with one attached hydrogen (secondary N) is 2. The molecule has 1 amide bonds. The van der Waals surface area contributed by atoms with E-state index < -0.39 is 0 Å². The first-order valence-electron chi connectivity index (χ1n) is 7.47. The van der Waals surface area contributed by atoms with E-state index in [1.54, 1.807) is 6.26 Å². The van der Waals surface area contributed by atoms with Gasteiger partial charge in [-0.15, -0.1) is 0 Å². The minimum Gasteiger partial charge on any atom is -0.467 e. The normalized spacial score (nSPS) is 16.6. The number of hydrogen-bond donors (Lipinski definition) is 2. The van der Waals surface area contributed by atoms with Gasteiger partial charge in [-0.25, -0.2) is 0 Å². The highest BCUT2D eigenvalue weighted by molar-refractivity contribution is 5.81. The van der Waals surface area contributed by atoms with Crippen LogP contribution in [0.5, 0.6) is 0 Å². The Morgan fingerprint density at radius 1 is 1.45 bits per heavy atom. The van der Waals surface area contributed by atoms with Crippen molar-refractivity contribution >= 4 is 5.91 Å². The van der Waals surface area contributed by atoms with Gasteiger partial charge in [-0.3, -0.25) is 4.79 Å². The summed E-state index contributed by atoms with van der Waals surface area (Å²) >= 11 is 0. The Morgan fingerprint density at radius 3 is 3.05 bits per heavy atom. The smallest absolute Gasteiger partial charge is 0.237 e. The van der Waals surface area contributed by atoms with E-state index in [1.807, 2.05) is 19.1 Å². The molecule has 1 aromatic heterocycles. The fraction of sp³-hybridized carbons (Fsp3) is 0.562. The third kappa shape index (κ3) is 4.85. The first-order valence-corrected chi connectivity index (χ1v) is 7.47. The van der Waals surface area contributed by atoms with Gasteiger partial charge in [0, 0.05) is 0 Å². The number of rotatable bonds is 7. The van der Waals surface area contributed by atoms with Crippen LogP contribution in [0.2, 0.25) is 0 Å². The van der Waals surface area contributed by atoms with Gasteiger partial charge in [-0.1, -0.05) is 11.6 Å². The largest absolute Gasteiger partial charge is 0.467 e. The van der Waals surface area contributed by atoms with Gasteiger partial charge in [-0.2, -0.15) is 0 Å². The van der Waals surface area contributed by atoms with E-state index in [0.29, 0.717) is 6.54 Å². The van der Waals surface area contributed by atoms with Crippen LogP contribution in [0, 0.1) is 0 Å². The summed E-state index contributed by atoms with van der Waals surface area (Å²) in [5.74, 6) is 0.789. The van der Waals surface area contributed by atoms with E-state index in [4.69, 9.17) is 4.42 Å². The molecule has 110 valence electrons. The Labute approximate surface area is 120 Å². The van der Waals surface area contributed by atoms with Crippen LogP contribution in [0.4, 0.5) is 0 Å². The van der Waals surface area contributed by atoms with Gasteiger partial charge >= 0.3 is 0 Å². The molecule has 1 aliphatic carbocycles. The molecule has 4 heteroatoms. The third-order valence-electron chi connectivity index (χ3n) is 3.69. The second kappa shape index (κ2) is 7.90. The maximum absolute atomic E-state index is 11.9. The van der Waals surface area contributed by atoms with E-state index in [0.717, 1.165) is 18.7 Å². The highest BCUT2D eigenvalue weighted by Crippen LogP contribution is 2.19. The van der Waals surface area contributed by atoms with Crippen LogP contribution in [0.3, 0.4) is 0 Å². The Morgan fingerprint density at radius 2 is 2.35 bits per heavy atom. The van der Waals surface area contributed by atoms with Crippen molar-refractivity contribution < 1.29 is 9.21 Å². The van der Waals surface area contributed by atoms with Gasteiger partial charge in [0.05, 0.1) is 18.8 Å². The van der Waals surface area contributed by atoms with Crippen LogP contribution in [0.15, 0.2) is 34.5 Å². The van der Waals surface area contributed by atoms with Gasteiger partial charge in [0.25, 0.3) is 0 Å². The molecule has 0 bridgehead atoms. The summed E-state index contributed by atoms with van der Waals surface area (Å²) in [5.41, 5.74) is 1.53. The van der Waals surface area contributed by atoms with Crippen molar-refractivity contribution in [3.8, 4) is 0 Å². The summed E-state index contributed by atoms with van der Waals surface area (Å²) in [7, 11) is 0. The zero-order valence-corrected chi connectivity index (χ0v) is 12.2. The van der Waals surface area contributed by atoms with Crippen LogP contribution in [0.25, 0.3) is 0 Å². The Bertz CT molecular complexity index is 437. The molecule has 2 N–H and O–H groups in total. The minimum atomic E-state index is -0.172. The van der Waals surface area contributed by atoms with Gasteiger partial charge in [0.2, 0.25) is 5.91 Å². The quantitative estimate of drug-likeness (QED) is 0.753. The number of hydrogen-bond acceptors (Lipinski definition) is 3. The van der Waals surface area contributed by atoms with Gasteiger partial charge in [-0.05, 0) is 57.7 Å². The van der Waals surface area contributed by atoms with Crippen LogP contribution in [0.1, 0.15) is 44.8 Å². The highest BCUT2D eigenvalue weighted by Gasteiger charge is 2.12. The summed E-state index contributed by atoms with van der Waals surface area (Å²) < 4.78 is 5.18. The van der Waals surface area contributed by atoms with E-state index in [2.05, 4.69) is 16.7 Å². The molecule has 1 heterocycles. The topological polar surface area (TPSA) is 54.3 Å². The lowest BCUT2D eigenvalue weighted by atomic mass is 9.97. The molecule has 1 atom stereocenters. The summed E-state index contributed by atoms with van der Waals surface area (Å²) in [4.78, 5) is 11.9. The summed E-state index contributed by atoms with van der Waals surface area (Å²) in [5, 5.41) is 6.14. The first-order chi connectivity index (χ1) is 9.75. The van der Waals surface area contributed by atoms with Gasteiger partial charge < -0.3 is 15.1 Å². The SMILES string of the molecule is CC(NCCC1=CCCCC1)C(=O)NCc1ccco1. The molecule has 1 aliphatic rings. The van der Waals surface area contributed by atoms with Crippen molar-refractivity contribution in [1.29, 1.82) is 0 Å². The summed E-state index contributed by atoms with van der Waals surface area (Å²) in [6.07, 6.45) is 10.1. The van der Waals surface area contributed by atoms with E-state index in [9.17, 15) is 4.79 Å². The lowest BCUT2D eigenvalue weighted by Gasteiger charge is -2.16. The summed E-state index contributed by atoms with van der Waals surface area (Å²) in [6.45, 7) is 3.21. The first kappa shape index (κ1) is 14.9. The molecule has 0 aliphatic heterocycles. The molecule has 0 spiro atoms.